The summed E-state index contributed by atoms with van der Waals surface area (Å²) in [5.41, 5.74) is 0.781. The Morgan fingerprint density at radius 1 is 1.14 bits per heavy atom. The maximum absolute atomic E-state index is 12.5. The first kappa shape index (κ1) is 18.6. The number of anilines is 1. The van der Waals surface area contributed by atoms with Crippen LogP contribution in [0.4, 0.5) is 5.69 Å². The Hall–Kier alpha value is -1.49. The van der Waals surface area contributed by atoms with Crippen molar-refractivity contribution in [1.29, 1.82) is 0 Å². The molecule has 1 atom stereocenters. The van der Waals surface area contributed by atoms with Crippen molar-refractivity contribution in [3.63, 3.8) is 0 Å². The maximum Gasteiger partial charge on any atom is 0.247 e. The van der Waals surface area contributed by atoms with E-state index >= 15 is 0 Å². The molecule has 2 N–H and O–H groups in total. The van der Waals surface area contributed by atoms with E-state index in [4.69, 9.17) is 0 Å². The van der Waals surface area contributed by atoms with Crippen LogP contribution >= 0.6 is 11.8 Å². The van der Waals surface area contributed by atoms with E-state index in [1.807, 2.05) is 58.2 Å². The van der Waals surface area contributed by atoms with Gasteiger partial charge in [-0.1, -0.05) is 39.8 Å². The SMILES string of the molecule is CSc1ccccc1NC(=O)C(NC(=O)CC(C)C)C(C)C. The van der Waals surface area contributed by atoms with Gasteiger partial charge in [-0.3, -0.25) is 9.59 Å². The molecule has 0 radical (unpaired) electrons. The molecule has 0 saturated heterocycles. The van der Waals surface area contributed by atoms with Crippen LogP contribution in [0.15, 0.2) is 29.2 Å². The highest BCUT2D eigenvalue weighted by atomic mass is 32.2. The molecule has 4 nitrogen and oxygen atoms in total. The first-order chi connectivity index (χ1) is 10.3. The lowest BCUT2D eigenvalue weighted by Gasteiger charge is -2.22. The van der Waals surface area contributed by atoms with Crippen molar-refractivity contribution in [2.75, 3.05) is 11.6 Å². The van der Waals surface area contributed by atoms with Crippen molar-refractivity contribution >= 4 is 29.3 Å². The first-order valence-electron chi connectivity index (χ1n) is 7.58. The minimum Gasteiger partial charge on any atom is -0.344 e. The van der Waals surface area contributed by atoms with Gasteiger partial charge in [-0.2, -0.15) is 0 Å². The van der Waals surface area contributed by atoms with Crippen LogP contribution in [0.2, 0.25) is 0 Å². The molecule has 5 heteroatoms. The predicted molar refractivity (Wildman–Crippen MR) is 93.1 cm³/mol. The minimum atomic E-state index is -0.527. The van der Waals surface area contributed by atoms with E-state index in [0.717, 1.165) is 10.6 Å². The van der Waals surface area contributed by atoms with Gasteiger partial charge in [-0.25, -0.2) is 0 Å². The Morgan fingerprint density at radius 2 is 1.77 bits per heavy atom. The number of hydrogen-bond acceptors (Lipinski definition) is 3. The molecule has 0 aliphatic carbocycles. The van der Waals surface area contributed by atoms with Crippen LogP contribution in [0.25, 0.3) is 0 Å². The quantitative estimate of drug-likeness (QED) is 0.755. The van der Waals surface area contributed by atoms with Gasteiger partial charge in [0, 0.05) is 11.3 Å². The predicted octanol–water partition coefficient (Wildman–Crippen LogP) is 3.53. The van der Waals surface area contributed by atoms with Crippen LogP contribution in [-0.2, 0) is 9.59 Å². The summed E-state index contributed by atoms with van der Waals surface area (Å²) in [6, 6.07) is 7.13. The number of benzene rings is 1. The standard InChI is InChI=1S/C17H26N2O2S/c1-11(2)10-15(20)19-16(12(3)4)17(21)18-13-8-6-7-9-14(13)22-5/h6-9,11-12,16H,10H2,1-5H3,(H,18,21)(H,19,20). The Labute approximate surface area is 137 Å². The van der Waals surface area contributed by atoms with Gasteiger partial charge >= 0.3 is 0 Å². The molecule has 0 spiro atoms. The van der Waals surface area contributed by atoms with Crippen LogP contribution in [0.5, 0.6) is 0 Å². The minimum absolute atomic E-state index is 0.0255. The number of rotatable bonds is 7. The van der Waals surface area contributed by atoms with Gasteiger partial charge in [-0.15, -0.1) is 11.8 Å². The van der Waals surface area contributed by atoms with Gasteiger partial charge < -0.3 is 10.6 Å². The second-order valence-electron chi connectivity index (χ2n) is 6.08. The Morgan fingerprint density at radius 3 is 2.32 bits per heavy atom. The van der Waals surface area contributed by atoms with Crippen molar-refractivity contribution < 1.29 is 9.59 Å². The zero-order valence-electron chi connectivity index (χ0n) is 14.0. The molecule has 0 aliphatic heterocycles. The Balaban J connectivity index is 2.79. The van der Waals surface area contributed by atoms with E-state index in [-0.39, 0.29) is 23.7 Å². The van der Waals surface area contributed by atoms with E-state index < -0.39 is 6.04 Å². The van der Waals surface area contributed by atoms with Crippen LogP contribution in [0, 0.1) is 11.8 Å². The fraction of sp³-hybridized carbons (Fsp3) is 0.529. The lowest BCUT2D eigenvalue weighted by Crippen LogP contribution is -2.47. The van der Waals surface area contributed by atoms with E-state index in [1.54, 1.807) is 11.8 Å². The molecule has 0 heterocycles. The van der Waals surface area contributed by atoms with Crippen molar-refractivity contribution in [2.45, 2.75) is 45.1 Å². The van der Waals surface area contributed by atoms with Gasteiger partial charge in [0.2, 0.25) is 11.8 Å². The van der Waals surface area contributed by atoms with Crippen molar-refractivity contribution in [3.8, 4) is 0 Å². The summed E-state index contributed by atoms with van der Waals surface area (Å²) in [7, 11) is 0. The highest BCUT2D eigenvalue weighted by molar-refractivity contribution is 7.98. The van der Waals surface area contributed by atoms with Crippen LogP contribution < -0.4 is 10.6 Å². The van der Waals surface area contributed by atoms with Crippen LogP contribution in [0.1, 0.15) is 34.1 Å². The summed E-state index contributed by atoms with van der Waals surface area (Å²) in [6.07, 6.45) is 2.40. The summed E-state index contributed by atoms with van der Waals surface area (Å²) in [5, 5.41) is 5.77. The largest absolute Gasteiger partial charge is 0.344 e. The number of amides is 2. The van der Waals surface area contributed by atoms with Crippen molar-refractivity contribution in [3.05, 3.63) is 24.3 Å². The number of thioether (sulfide) groups is 1. The number of para-hydroxylation sites is 1. The molecule has 2 amide bonds. The summed E-state index contributed by atoms with van der Waals surface area (Å²) in [5.74, 6) is 0.0428. The van der Waals surface area contributed by atoms with Gasteiger partial charge in [0.25, 0.3) is 0 Å². The van der Waals surface area contributed by atoms with Crippen LogP contribution in [0.3, 0.4) is 0 Å². The molecule has 0 aliphatic rings. The van der Waals surface area contributed by atoms with E-state index in [2.05, 4.69) is 10.6 Å². The van der Waals surface area contributed by atoms with Gasteiger partial charge in [0.15, 0.2) is 0 Å². The molecule has 0 saturated carbocycles. The number of nitrogens with one attached hydrogen (secondary N) is 2. The first-order valence-corrected chi connectivity index (χ1v) is 8.80. The highest BCUT2D eigenvalue weighted by Gasteiger charge is 2.24. The average Bonchev–Trinajstić information content (AvgIpc) is 2.44. The highest BCUT2D eigenvalue weighted by Crippen LogP contribution is 2.25. The molecular formula is C17H26N2O2S. The monoisotopic (exact) mass is 322 g/mol. The summed E-state index contributed by atoms with van der Waals surface area (Å²) in [6.45, 7) is 7.83. The average molecular weight is 322 g/mol. The fourth-order valence-corrected chi connectivity index (χ4v) is 2.65. The molecule has 0 bridgehead atoms. The zero-order valence-corrected chi connectivity index (χ0v) is 14.8. The molecule has 1 rings (SSSR count). The van der Waals surface area contributed by atoms with Gasteiger partial charge in [0.1, 0.15) is 6.04 Å². The molecule has 1 aromatic carbocycles. The molecule has 122 valence electrons. The molecule has 1 aromatic rings. The number of carbonyl (C=O) groups excluding carboxylic acids is 2. The molecule has 22 heavy (non-hydrogen) atoms. The second kappa shape index (κ2) is 8.83. The number of carbonyl (C=O) groups is 2. The zero-order chi connectivity index (χ0) is 16.7. The number of hydrogen-bond donors (Lipinski definition) is 2. The van der Waals surface area contributed by atoms with Gasteiger partial charge in [-0.05, 0) is 30.2 Å². The van der Waals surface area contributed by atoms with Crippen molar-refractivity contribution in [2.24, 2.45) is 11.8 Å². The summed E-state index contributed by atoms with van der Waals surface area (Å²) in [4.78, 5) is 25.5. The summed E-state index contributed by atoms with van der Waals surface area (Å²) < 4.78 is 0. The molecular weight excluding hydrogens is 296 g/mol. The Kier molecular flexibility index (Phi) is 7.45. The van der Waals surface area contributed by atoms with E-state index in [9.17, 15) is 9.59 Å². The lowest BCUT2D eigenvalue weighted by atomic mass is 10.0. The molecule has 0 aromatic heterocycles. The topological polar surface area (TPSA) is 58.2 Å². The smallest absolute Gasteiger partial charge is 0.247 e. The fourth-order valence-electron chi connectivity index (χ4n) is 2.10. The summed E-state index contributed by atoms with van der Waals surface area (Å²) >= 11 is 1.58. The van der Waals surface area contributed by atoms with Gasteiger partial charge in [0.05, 0.1) is 5.69 Å². The lowest BCUT2D eigenvalue weighted by molar-refractivity contribution is -0.127. The molecule has 0 fully saturated rings. The second-order valence-corrected chi connectivity index (χ2v) is 6.92. The van der Waals surface area contributed by atoms with E-state index in [1.165, 1.54) is 0 Å². The van der Waals surface area contributed by atoms with Crippen molar-refractivity contribution in [1.82, 2.24) is 5.32 Å². The third kappa shape index (κ3) is 5.72. The normalized spacial score (nSPS) is 12.3. The maximum atomic E-state index is 12.5. The Bertz CT molecular complexity index is 515. The van der Waals surface area contributed by atoms with Crippen LogP contribution in [-0.4, -0.2) is 24.1 Å². The third-order valence-corrected chi connectivity index (χ3v) is 4.02. The van der Waals surface area contributed by atoms with E-state index in [0.29, 0.717) is 6.42 Å². The molecule has 1 unspecified atom stereocenters. The third-order valence-electron chi connectivity index (χ3n) is 3.22.